The van der Waals surface area contributed by atoms with Gasteiger partial charge in [-0.15, -0.1) is 10.2 Å². The van der Waals surface area contributed by atoms with Crippen molar-refractivity contribution in [3.8, 4) is 0 Å². The second kappa shape index (κ2) is 9.83. The smallest absolute Gasteiger partial charge is 0.230 e. The lowest BCUT2D eigenvalue weighted by Gasteiger charge is -2.10. The van der Waals surface area contributed by atoms with E-state index in [0.29, 0.717) is 18.1 Å². The number of carbonyl (C=O) groups excluding carboxylic acids is 1. The normalized spacial score (nSPS) is 11.2. The minimum absolute atomic E-state index is 0.0222. The van der Waals surface area contributed by atoms with E-state index in [1.54, 1.807) is 0 Å². The number of para-hydroxylation sites is 1. The van der Waals surface area contributed by atoms with Gasteiger partial charge in [0.05, 0.1) is 11.3 Å². The number of nitrogens with zero attached hydrogens (tertiary/aromatic N) is 4. The third kappa shape index (κ3) is 4.88. The first-order valence-electron chi connectivity index (χ1n) is 10.9. The lowest BCUT2D eigenvalue weighted by molar-refractivity contribution is -0.118. The highest BCUT2D eigenvalue weighted by Crippen LogP contribution is 2.25. The molecular formula is C26H23N5OS. The third-order valence-electron chi connectivity index (χ3n) is 5.40. The Labute approximate surface area is 196 Å². The summed E-state index contributed by atoms with van der Waals surface area (Å²) in [6.07, 6.45) is 1.46. The second-order valence-electron chi connectivity index (χ2n) is 7.72. The Hall–Kier alpha value is -3.71. The summed E-state index contributed by atoms with van der Waals surface area (Å²) in [7, 11) is 0. The predicted molar refractivity (Wildman–Crippen MR) is 131 cm³/mol. The molecule has 3 aromatic carbocycles. The molecule has 2 heterocycles. The zero-order valence-corrected chi connectivity index (χ0v) is 18.8. The Kier molecular flexibility index (Phi) is 6.30. The molecule has 6 nitrogen and oxygen atoms in total. The van der Waals surface area contributed by atoms with Gasteiger partial charge in [-0.05, 0) is 29.7 Å². The van der Waals surface area contributed by atoms with Crippen LogP contribution < -0.4 is 5.32 Å². The van der Waals surface area contributed by atoms with Gasteiger partial charge in [0.15, 0.2) is 10.8 Å². The summed E-state index contributed by atoms with van der Waals surface area (Å²) < 4.78 is 1.98. The molecule has 0 unspecified atom stereocenters. The molecule has 0 fully saturated rings. The van der Waals surface area contributed by atoms with Gasteiger partial charge in [0.1, 0.15) is 5.82 Å². The van der Waals surface area contributed by atoms with Crippen LogP contribution in [-0.2, 0) is 17.6 Å². The van der Waals surface area contributed by atoms with Crippen molar-refractivity contribution in [2.75, 3.05) is 12.3 Å². The monoisotopic (exact) mass is 453 g/mol. The summed E-state index contributed by atoms with van der Waals surface area (Å²) in [5.74, 6) is 1.10. The molecule has 0 bridgehead atoms. The van der Waals surface area contributed by atoms with Crippen LogP contribution >= 0.6 is 11.8 Å². The van der Waals surface area contributed by atoms with E-state index in [0.717, 1.165) is 34.4 Å². The van der Waals surface area contributed by atoms with Gasteiger partial charge in [0, 0.05) is 18.4 Å². The van der Waals surface area contributed by atoms with Gasteiger partial charge in [0.25, 0.3) is 0 Å². The molecule has 0 aliphatic rings. The minimum Gasteiger partial charge on any atom is -0.355 e. The maximum atomic E-state index is 12.4. The topological polar surface area (TPSA) is 72.2 Å². The summed E-state index contributed by atoms with van der Waals surface area (Å²) in [6, 6.07) is 28.3. The van der Waals surface area contributed by atoms with Crippen molar-refractivity contribution in [2.24, 2.45) is 0 Å². The maximum absolute atomic E-state index is 12.4. The Balaban J connectivity index is 1.35. The molecule has 33 heavy (non-hydrogen) atoms. The minimum atomic E-state index is -0.0222. The standard InChI is InChI=1S/C26H23N5OS/c32-24(27-16-15-19-9-3-1-4-10-19)18-33-26-30-29-25-21-13-7-8-14-22(21)28-23(31(25)26)17-20-11-5-2-6-12-20/h1-14H,15-18H2,(H,27,32). The highest BCUT2D eigenvalue weighted by Gasteiger charge is 2.16. The van der Waals surface area contributed by atoms with E-state index in [4.69, 9.17) is 4.98 Å². The molecular weight excluding hydrogens is 430 g/mol. The van der Waals surface area contributed by atoms with Crippen LogP contribution in [0, 0.1) is 0 Å². The molecule has 1 amide bonds. The summed E-state index contributed by atoms with van der Waals surface area (Å²) in [6.45, 7) is 0.607. The molecule has 0 atom stereocenters. The zero-order chi connectivity index (χ0) is 22.5. The summed E-state index contributed by atoms with van der Waals surface area (Å²) >= 11 is 1.38. The van der Waals surface area contributed by atoms with E-state index in [1.165, 1.54) is 17.3 Å². The zero-order valence-electron chi connectivity index (χ0n) is 18.0. The number of thioether (sulfide) groups is 1. The third-order valence-corrected chi connectivity index (χ3v) is 6.33. The molecule has 0 spiro atoms. The van der Waals surface area contributed by atoms with Crippen LogP contribution in [0.2, 0.25) is 0 Å². The summed E-state index contributed by atoms with van der Waals surface area (Å²) in [5.41, 5.74) is 4.01. The second-order valence-corrected chi connectivity index (χ2v) is 8.67. The summed E-state index contributed by atoms with van der Waals surface area (Å²) in [5, 5.41) is 13.5. The number of hydrogen-bond donors (Lipinski definition) is 1. The fourth-order valence-corrected chi connectivity index (χ4v) is 4.57. The van der Waals surface area contributed by atoms with Crippen LogP contribution in [0.15, 0.2) is 90.1 Å². The lowest BCUT2D eigenvalue weighted by Crippen LogP contribution is -2.27. The highest BCUT2D eigenvalue weighted by molar-refractivity contribution is 7.99. The van der Waals surface area contributed by atoms with Crippen molar-refractivity contribution in [1.29, 1.82) is 0 Å². The van der Waals surface area contributed by atoms with Gasteiger partial charge in [-0.3, -0.25) is 9.20 Å². The Morgan fingerprint density at radius 3 is 2.33 bits per heavy atom. The average molecular weight is 454 g/mol. The van der Waals surface area contributed by atoms with Crippen LogP contribution in [0.1, 0.15) is 17.0 Å². The van der Waals surface area contributed by atoms with Crippen molar-refractivity contribution in [2.45, 2.75) is 18.0 Å². The Bertz CT molecular complexity index is 1390. The Morgan fingerprint density at radius 1 is 0.848 bits per heavy atom. The van der Waals surface area contributed by atoms with Gasteiger partial charge < -0.3 is 5.32 Å². The number of amides is 1. The molecule has 0 saturated heterocycles. The SMILES string of the molecule is O=C(CSc1nnc2c3ccccc3nc(Cc3ccccc3)n12)NCCc1ccccc1. The average Bonchev–Trinajstić information content (AvgIpc) is 3.29. The van der Waals surface area contributed by atoms with E-state index in [-0.39, 0.29) is 11.7 Å². The first-order valence-corrected chi connectivity index (χ1v) is 11.9. The van der Waals surface area contributed by atoms with E-state index >= 15 is 0 Å². The largest absolute Gasteiger partial charge is 0.355 e. The Morgan fingerprint density at radius 2 is 1.55 bits per heavy atom. The number of fused-ring (bicyclic) bond motifs is 3. The number of carbonyl (C=O) groups is 1. The van der Waals surface area contributed by atoms with Crippen molar-refractivity contribution >= 4 is 34.2 Å². The first-order chi connectivity index (χ1) is 16.3. The molecule has 0 aliphatic heterocycles. The van der Waals surface area contributed by atoms with E-state index in [9.17, 15) is 4.79 Å². The highest BCUT2D eigenvalue weighted by atomic mass is 32.2. The molecule has 5 aromatic rings. The summed E-state index contributed by atoms with van der Waals surface area (Å²) in [4.78, 5) is 17.4. The van der Waals surface area contributed by atoms with Gasteiger partial charge >= 0.3 is 0 Å². The van der Waals surface area contributed by atoms with Gasteiger partial charge in [-0.1, -0.05) is 84.6 Å². The van der Waals surface area contributed by atoms with E-state index < -0.39 is 0 Å². The predicted octanol–water partition coefficient (Wildman–Crippen LogP) is 4.32. The van der Waals surface area contributed by atoms with E-state index in [2.05, 4.69) is 39.8 Å². The van der Waals surface area contributed by atoms with Crippen LogP contribution in [0.3, 0.4) is 0 Å². The number of benzene rings is 3. The fourth-order valence-electron chi connectivity index (χ4n) is 3.79. The van der Waals surface area contributed by atoms with Crippen molar-refractivity contribution in [1.82, 2.24) is 24.9 Å². The molecule has 1 N–H and O–H groups in total. The fraction of sp³-hybridized carbons (Fsp3) is 0.154. The first kappa shape index (κ1) is 21.2. The number of rotatable bonds is 8. The molecule has 0 radical (unpaired) electrons. The lowest BCUT2D eigenvalue weighted by atomic mass is 10.1. The van der Waals surface area contributed by atoms with Crippen molar-refractivity contribution < 1.29 is 4.79 Å². The molecule has 5 rings (SSSR count). The van der Waals surface area contributed by atoms with Crippen LogP contribution in [-0.4, -0.2) is 37.8 Å². The number of nitrogens with one attached hydrogen (secondary N) is 1. The van der Waals surface area contributed by atoms with Gasteiger partial charge in [-0.25, -0.2) is 4.98 Å². The molecule has 2 aromatic heterocycles. The molecule has 7 heteroatoms. The van der Waals surface area contributed by atoms with E-state index in [1.807, 2.05) is 65.1 Å². The van der Waals surface area contributed by atoms with Crippen LogP contribution in [0.25, 0.3) is 16.6 Å². The van der Waals surface area contributed by atoms with Crippen molar-refractivity contribution in [3.05, 3.63) is 102 Å². The number of aromatic nitrogens is 4. The molecule has 164 valence electrons. The van der Waals surface area contributed by atoms with Gasteiger partial charge in [-0.2, -0.15) is 0 Å². The van der Waals surface area contributed by atoms with Crippen LogP contribution in [0.5, 0.6) is 0 Å². The van der Waals surface area contributed by atoms with Crippen molar-refractivity contribution in [3.63, 3.8) is 0 Å². The molecule has 0 aliphatic carbocycles. The van der Waals surface area contributed by atoms with Gasteiger partial charge in [0.2, 0.25) is 5.91 Å². The molecule has 0 saturated carbocycles. The number of hydrogen-bond acceptors (Lipinski definition) is 5. The maximum Gasteiger partial charge on any atom is 0.230 e. The quantitative estimate of drug-likeness (QED) is 0.354. The van der Waals surface area contributed by atoms with Crippen LogP contribution in [0.4, 0.5) is 0 Å².